The van der Waals surface area contributed by atoms with Crippen molar-refractivity contribution in [2.24, 2.45) is 0 Å². The van der Waals surface area contributed by atoms with E-state index in [-0.39, 0.29) is 23.7 Å². The van der Waals surface area contributed by atoms with E-state index in [1.165, 1.54) is 25.1 Å². The number of carbonyl (C=O) groups is 3. The number of nitrogens with zero attached hydrogens (tertiary/aromatic N) is 4. The van der Waals surface area contributed by atoms with E-state index >= 15 is 0 Å². The molecule has 9 nitrogen and oxygen atoms in total. The van der Waals surface area contributed by atoms with Gasteiger partial charge < -0.3 is 10.6 Å². The first kappa shape index (κ1) is 22.5. The van der Waals surface area contributed by atoms with Crippen LogP contribution in [0, 0.1) is 5.82 Å². The predicted octanol–water partition coefficient (Wildman–Crippen LogP) is 3.57. The van der Waals surface area contributed by atoms with E-state index in [0.717, 1.165) is 4.80 Å². The minimum atomic E-state index is -0.638. The van der Waals surface area contributed by atoms with E-state index in [1.807, 2.05) is 0 Å². The van der Waals surface area contributed by atoms with Gasteiger partial charge in [-0.05, 0) is 48.5 Å². The molecule has 0 unspecified atom stereocenters. The summed E-state index contributed by atoms with van der Waals surface area (Å²) in [5.74, 6) is -1.60. The number of benzene rings is 3. The van der Waals surface area contributed by atoms with Crippen molar-refractivity contribution >= 4 is 29.0 Å². The Bertz CT molecular complexity index is 1380. The normalized spacial score (nSPS) is 10.5. The van der Waals surface area contributed by atoms with Crippen molar-refractivity contribution < 1.29 is 18.8 Å². The van der Waals surface area contributed by atoms with Gasteiger partial charge in [-0.3, -0.25) is 14.4 Å². The first-order valence-corrected chi connectivity index (χ1v) is 10.2. The molecule has 0 spiro atoms. The van der Waals surface area contributed by atoms with Gasteiger partial charge in [-0.15, -0.1) is 10.2 Å². The van der Waals surface area contributed by atoms with Crippen LogP contribution in [0.4, 0.5) is 15.8 Å². The number of para-hydroxylation sites is 1. The molecule has 0 atom stereocenters. The Morgan fingerprint density at radius 2 is 1.71 bits per heavy atom. The quantitative estimate of drug-likeness (QED) is 0.409. The van der Waals surface area contributed by atoms with Gasteiger partial charge in [0.1, 0.15) is 12.4 Å². The number of hydrogen-bond acceptors (Lipinski definition) is 6. The molecule has 1 heterocycles. The van der Waals surface area contributed by atoms with Crippen molar-refractivity contribution in [1.29, 1.82) is 0 Å². The fourth-order valence-corrected chi connectivity index (χ4v) is 3.19. The average Bonchev–Trinajstić information content (AvgIpc) is 3.27. The summed E-state index contributed by atoms with van der Waals surface area (Å²) in [5.41, 5.74) is 1.67. The molecule has 2 N–H and O–H groups in total. The van der Waals surface area contributed by atoms with Crippen molar-refractivity contribution in [2.45, 2.75) is 13.5 Å². The highest BCUT2D eigenvalue weighted by molar-refractivity contribution is 6.06. The maximum Gasteiger partial charge on any atom is 0.258 e. The Balaban J connectivity index is 1.48. The van der Waals surface area contributed by atoms with E-state index in [1.54, 1.807) is 54.6 Å². The summed E-state index contributed by atoms with van der Waals surface area (Å²) in [6.07, 6.45) is 0. The zero-order valence-electron chi connectivity index (χ0n) is 18.0. The second-order valence-electron chi connectivity index (χ2n) is 7.31. The van der Waals surface area contributed by atoms with Gasteiger partial charge in [0, 0.05) is 16.8 Å². The van der Waals surface area contributed by atoms with Gasteiger partial charge in [-0.1, -0.05) is 36.4 Å². The van der Waals surface area contributed by atoms with Gasteiger partial charge in [-0.25, -0.2) is 4.39 Å². The molecule has 0 aliphatic carbocycles. The number of aromatic nitrogens is 4. The van der Waals surface area contributed by atoms with Gasteiger partial charge in [0.15, 0.2) is 5.78 Å². The summed E-state index contributed by atoms with van der Waals surface area (Å²) in [5, 5.41) is 17.4. The van der Waals surface area contributed by atoms with Crippen LogP contribution in [0.2, 0.25) is 0 Å². The Morgan fingerprint density at radius 1 is 0.941 bits per heavy atom. The van der Waals surface area contributed by atoms with Crippen LogP contribution in [0.25, 0.3) is 11.4 Å². The monoisotopic (exact) mass is 458 g/mol. The van der Waals surface area contributed by atoms with Crippen LogP contribution < -0.4 is 10.6 Å². The van der Waals surface area contributed by atoms with Crippen LogP contribution in [0.1, 0.15) is 27.6 Å². The molecule has 1 aromatic heterocycles. The average molecular weight is 458 g/mol. The van der Waals surface area contributed by atoms with E-state index in [0.29, 0.717) is 22.5 Å². The van der Waals surface area contributed by atoms with Crippen molar-refractivity contribution in [2.75, 3.05) is 10.6 Å². The highest BCUT2D eigenvalue weighted by Gasteiger charge is 2.16. The van der Waals surface area contributed by atoms with Crippen molar-refractivity contribution in [3.05, 3.63) is 89.7 Å². The molecule has 0 aliphatic heterocycles. The summed E-state index contributed by atoms with van der Waals surface area (Å²) in [6, 6.07) is 19.0. The molecule has 0 bridgehead atoms. The van der Waals surface area contributed by atoms with Gasteiger partial charge in [0.25, 0.3) is 5.91 Å². The molecular formula is C24H19FN6O3. The molecule has 0 fully saturated rings. The highest BCUT2D eigenvalue weighted by Crippen LogP contribution is 2.25. The molecule has 0 aliphatic rings. The Labute approximate surface area is 193 Å². The lowest BCUT2D eigenvalue weighted by Crippen LogP contribution is -2.20. The standard InChI is InChI=1S/C24H19FN6O3/c1-15(32)16-7-6-8-17(13-16)26-22(33)14-31-29-23(28-30-31)19-10-3-5-12-21(19)27-24(34)18-9-2-4-11-20(18)25/h2-13H,14H2,1H3,(H,26,33)(H,27,34). The fourth-order valence-electron chi connectivity index (χ4n) is 3.19. The molecule has 34 heavy (non-hydrogen) atoms. The Morgan fingerprint density at radius 3 is 2.50 bits per heavy atom. The number of amides is 2. The molecule has 2 amide bonds. The minimum Gasteiger partial charge on any atom is -0.324 e. The van der Waals surface area contributed by atoms with Crippen LogP contribution in [0.5, 0.6) is 0 Å². The number of nitrogens with one attached hydrogen (secondary N) is 2. The second kappa shape index (κ2) is 9.82. The number of carbonyl (C=O) groups excluding carboxylic acids is 3. The number of ketones is 1. The summed E-state index contributed by atoms with van der Waals surface area (Å²) < 4.78 is 14.0. The number of anilines is 2. The minimum absolute atomic E-state index is 0.0977. The maximum atomic E-state index is 14.0. The summed E-state index contributed by atoms with van der Waals surface area (Å²) in [6.45, 7) is 1.22. The number of halogens is 1. The number of hydrogen-bond donors (Lipinski definition) is 2. The number of Topliss-reactive ketones (excluding diaryl/α,β-unsaturated/α-hetero) is 1. The zero-order valence-corrected chi connectivity index (χ0v) is 18.0. The zero-order chi connectivity index (χ0) is 24.1. The van der Waals surface area contributed by atoms with Gasteiger partial charge in [0.2, 0.25) is 11.7 Å². The molecule has 0 saturated carbocycles. The fraction of sp³-hybridized carbons (Fsp3) is 0.0833. The number of rotatable bonds is 7. The predicted molar refractivity (Wildman–Crippen MR) is 123 cm³/mol. The molecular weight excluding hydrogens is 439 g/mol. The van der Waals surface area contributed by atoms with Crippen LogP contribution in [0.15, 0.2) is 72.8 Å². The van der Waals surface area contributed by atoms with Crippen molar-refractivity contribution in [1.82, 2.24) is 20.2 Å². The first-order valence-electron chi connectivity index (χ1n) is 10.2. The third kappa shape index (κ3) is 5.18. The molecule has 10 heteroatoms. The lowest BCUT2D eigenvalue weighted by molar-refractivity contribution is -0.117. The van der Waals surface area contributed by atoms with Crippen molar-refractivity contribution in [3.63, 3.8) is 0 Å². The molecule has 3 aromatic carbocycles. The van der Waals surface area contributed by atoms with Crippen LogP contribution in [-0.2, 0) is 11.3 Å². The molecule has 4 aromatic rings. The topological polar surface area (TPSA) is 119 Å². The lowest BCUT2D eigenvalue weighted by Gasteiger charge is -2.09. The van der Waals surface area contributed by atoms with Gasteiger partial charge in [-0.2, -0.15) is 4.80 Å². The third-order valence-electron chi connectivity index (χ3n) is 4.83. The van der Waals surface area contributed by atoms with Crippen LogP contribution >= 0.6 is 0 Å². The SMILES string of the molecule is CC(=O)c1cccc(NC(=O)Cn2nnc(-c3ccccc3NC(=O)c3ccccc3F)n2)c1. The second-order valence-corrected chi connectivity index (χ2v) is 7.31. The van der Waals surface area contributed by atoms with Crippen molar-refractivity contribution in [3.8, 4) is 11.4 Å². The lowest BCUT2D eigenvalue weighted by atomic mass is 10.1. The molecule has 4 rings (SSSR count). The smallest absolute Gasteiger partial charge is 0.258 e. The Hall–Kier alpha value is -4.73. The van der Waals surface area contributed by atoms with Gasteiger partial charge >= 0.3 is 0 Å². The van der Waals surface area contributed by atoms with E-state index < -0.39 is 17.6 Å². The highest BCUT2D eigenvalue weighted by atomic mass is 19.1. The summed E-state index contributed by atoms with van der Waals surface area (Å²) in [7, 11) is 0. The molecule has 170 valence electrons. The van der Waals surface area contributed by atoms with Crippen LogP contribution in [0.3, 0.4) is 0 Å². The van der Waals surface area contributed by atoms with E-state index in [4.69, 9.17) is 0 Å². The Kier molecular flexibility index (Phi) is 6.49. The largest absolute Gasteiger partial charge is 0.324 e. The molecule has 0 saturated heterocycles. The molecule has 0 radical (unpaired) electrons. The van der Waals surface area contributed by atoms with Gasteiger partial charge in [0.05, 0.1) is 11.3 Å². The van der Waals surface area contributed by atoms with E-state index in [2.05, 4.69) is 26.0 Å². The van der Waals surface area contributed by atoms with Crippen LogP contribution in [-0.4, -0.2) is 37.8 Å². The van der Waals surface area contributed by atoms with E-state index in [9.17, 15) is 18.8 Å². The summed E-state index contributed by atoms with van der Waals surface area (Å²) >= 11 is 0. The third-order valence-corrected chi connectivity index (χ3v) is 4.83. The number of tetrazole rings is 1. The maximum absolute atomic E-state index is 14.0. The summed E-state index contributed by atoms with van der Waals surface area (Å²) in [4.78, 5) is 37.5. The first-order chi connectivity index (χ1) is 16.4.